The molecule has 3 aliphatic heterocycles. The molecule has 3 aliphatic rings. The van der Waals surface area contributed by atoms with Gasteiger partial charge in [0.1, 0.15) is 18.5 Å². The number of aliphatic hydroxyl groups is 2. The number of nitrogens with zero attached hydrogens (tertiary/aromatic N) is 2. The van der Waals surface area contributed by atoms with Gasteiger partial charge in [0.25, 0.3) is 11.6 Å². The number of aliphatic imine (C=N–C) groups is 1. The first-order valence-corrected chi connectivity index (χ1v) is 6.36. The summed E-state index contributed by atoms with van der Waals surface area (Å²) in [6.07, 6.45) is -3.85. The molecule has 11 nitrogen and oxygen atoms in total. The highest BCUT2D eigenvalue weighted by Gasteiger charge is 2.63. The molecule has 11 heteroatoms. The van der Waals surface area contributed by atoms with Crippen LogP contribution in [0.15, 0.2) is 4.99 Å². The zero-order valence-corrected chi connectivity index (χ0v) is 10.9. The van der Waals surface area contributed by atoms with Crippen molar-refractivity contribution in [2.24, 2.45) is 16.5 Å². The van der Waals surface area contributed by atoms with E-state index in [-0.39, 0.29) is 12.4 Å². The van der Waals surface area contributed by atoms with Crippen LogP contribution in [0.5, 0.6) is 0 Å². The van der Waals surface area contributed by atoms with E-state index in [0.717, 1.165) is 4.90 Å². The molecule has 116 valence electrons. The highest BCUT2D eigenvalue weighted by atomic mass is 16.5. The Labute approximate surface area is 118 Å². The van der Waals surface area contributed by atoms with Gasteiger partial charge in [-0.1, -0.05) is 0 Å². The molecular formula is C10H16N6O5. The van der Waals surface area contributed by atoms with E-state index in [1.165, 1.54) is 0 Å². The maximum Gasteiger partial charge on any atom is 0.323 e. The van der Waals surface area contributed by atoms with Crippen LogP contribution >= 0.6 is 0 Å². The highest BCUT2D eigenvalue weighted by Crippen LogP contribution is 2.35. The lowest BCUT2D eigenvalue weighted by atomic mass is 10.1. The first-order valence-electron chi connectivity index (χ1n) is 6.36. The van der Waals surface area contributed by atoms with Crippen LogP contribution in [-0.2, 0) is 9.53 Å². The average molecular weight is 300 g/mol. The van der Waals surface area contributed by atoms with E-state index >= 15 is 0 Å². The minimum atomic E-state index is -1.75. The average Bonchev–Trinajstić information content (AvgIpc) is 2.98. The number of aliphatic hydroxyl groups excluding tert-OH is 2. The summed E-state index contributed by atoms with van der Waals surface area (Å²) in [5.74, 6) is -0.814. The molecule has 0 saturated carbocycles. The van der Waals surface area contributed by atoms with E-state index in [0.29, 0.717) is 0 Å². The summed E-state index contributed by atoms with van der Waals surface area (Å²) >= 11 is 0. The van der Waals surface area contributed by atoms with Crippen molar-refractivity contribution < 1.29 is 24.5 Å². The molecular weight excluding hydrogens is 284 g/mol. The third kappa shape index (κ3) is 1.78. The number of hydrogen-bond donors (Lipinski definition) is 6. The minimum Gasteiger partial charge on any atom is -0.394 e. The van der Waals surface area contributed by atoms with Gasteiger partial charge in [0.15, 0.2) is 5.96 Å². The number of urea groups is 1. The van der Waals surface area contributed by atoms with Gasteiger partial charge >= 0.3 is 6.03 Å². The molecule has 3 heterocycles. The maximum atomic E-state index is 12.2. The topological polar surface area (TPSA) is 176 Å². The number of nitrogens with one attached hydrogen (secondary N) is 2. The predicted molar refractivity (Wildman–Crippen MR) is 67.2 cm³/mol. The molecule has 5 atom stereocenters. The van der Waals surface area contributed by atoms with E-state index in [2.05, 4.69) is 15.6 Å². The van der Waals surface area contributed by atoms with Gasteiger partial charge in [-0.25, -0.2) is 9.79 Å². The van der Waals surface area contributed by atoms with Gasteiger partial charge in [0.05, 0.1) is 12.7 Å². The van der Waals surface area contributed by atoms with Crippen LogP contribution < -0.4 is 22.1 Å². The zero-order valence-electron chi connectivity index (χ0n) is 10.9. The molecule has 0 aromatic rings. The van der Waals surface area contributed by atoms with Gasteiger partial charge in [0, 0.05) is 6.42 Å². The second kappa shape index (κ2) is 4.53. The van der Waals surface area contributed by atoms with Crippen molar-refractivity contribution in [1.82, 2.24) is 15.5 Å². The second-order valence-corrected chi connectivity index (χ2v) is 5.09. The number of amides is 3. The third-order valence-corrected chi connectivity index (χ3v) is 3.84. The SMILES string of the molecule is NC1=NC2(C(=O)N1)C(N)NC(=O)N2[C@H]1C[C@H](O)[C@@H](CO)O1. The van der Waals surface area contributed by atoms with Gasteiger partial charge in [-0.2, -0.15) is 0 Å². The number of carbonyl (C=O) groups excluding carboxylic acids is 2. The molecule has 21 heavy (non-hydrogen) atoms. The summed E-state index contributed by atoms with van der Waals surface area (Å²) in [4.78, 5) is 29.3. The summed E-state index contributed by atoms with van der Waals surface area (Å²) in [5, 5.41) is 23.6. The number of nitrogens with two attached hydrogens (primary N) is 2. The molecule has 0 aromatic heterocycles. The normalized spacial score (nSPS) is 42.4. The molecule has 8 N–H and O–H groups in total. The van der Waals surface area contributed by atoms with E-state index < -0.39 is 48.8 Å². The lowest BCUT2D eigenvalue weighted by Gasteiger charge is -2.34. The molecule has 0 bridgehead atoms. The quantitative estimate of drug-likeness (QED) is 0.300. The van der Waals surface area contributed by atoms with Gasteiger partial charge in [-0.3, -0.25) is 15.0 Å². The maximum absolute atomic E-state index is 12.2. The van der Waals surface area contributed by atoms with Crippen LogP contribution in [0.1, 0.15) is 6.42 Å². The number of carbonyl (C=O) groups is 2. The molecule has 3 amide bonds. The summed E-state index contributed by atoms with van der Waals surface area (Å²) in [6, 6.07) is -0.660. The lowest BCUT2D eigenvalue weighted by Crippen LogP contribution is -2.62. The standard InChI is InChI=1S/C10H16N6O5/c11-6-10(7(19)14-8(12)15-10)16(9(20)13-6)5-1-3(18)4(2-17)21-5/h3-6,17-18H,1-2,11H2,(H,13,20)(H3,12,14,15,19)/t3-,4+,5+,6?,10?/m0/s1. The van der Waals surface area contributed by atoms with Crippen LogP contribution in [0.2, 0.25) is 0 Å². The Hall–Kier alpha value is -1.95. The molecule has 0 radical (unpaired) electrons. The molecule has 3 rings (SSSR count). The predicted octanol–water partition coefficient (Wildman–Crippen LogP) is -4.09. The Morgan fingerprint density at radius 1 is 1.52 bits per heavy atom. The van der Waals surface area contributed by atoms with Crippen LogP contribution in [-0.4, -0.2) is 69.9 Å². The van der Waals surface area contributed by atoms with Crippen molar-refractivity contribution in [2.45, 2.75) is 36.7 Å². The van der Waals surface area contributed by atoms with Gasteiger partial charge < -0.3 is 31.7 Å². The summed E-state index contributed by atoms with van der Waals surface area (Å²) in [7, 11) is 0. The number of hydrogen-bond acceptors (Lipinski definition) is 8. The number of guanidine groups is 1. The van der Waals surface area contributed by atoms with Crippen LogP contribution in [0.3, 0.4) is 0 Å². The number of ether oxygens (including phenoxy) is 1. The van der Waals surface area contributed by atoms with Gasteiger partial charge in [-0.15, -0.1) is 0 Å². The Morgan fingerprint density at radius 2 is 2.24 bits per heavy atom. The largest absolute Gasteiger partial charge is 0.394 e. The van der Waals surface area contributed by atoms with Crippen LogP contribution in [0.25, 0.3) is 0 Å². The van der Waals surface area contributed by atoms with E-state index in [9.17, 15) is 14.7 Å². The summed E-state index contributed by atoms with van der Waals surface area (Å²) in [5.41, 5.74) is 9.55. The molecule has 2 fully saturated rings. The van der Waals surface area contributed by atoms with Gasteiger partial charge in [0.2, 0.25) is 0 Å². The minimum absolute atomic E-state index is 0.0236. The Bertz CT molecular complexity index is 526. The highest BCUT2D eigenvalue weighted by molar-refractivity contribution is 6.09. The Morgan fingerprint density at radius 3 is 2.76 bits per heavy atom. The molecule has 2 saturated heterocycles. The van der Waals surface area contributed by atoms with Crippen molar-refractivity contribution in [3.63, 3.8) is 0 Å². The van der Waals surface area contributed by atoms with E-state index in [4.69, 9.17) is 21.3 Å². The molecule has 1 spiro atoms. The first-order chi connectivity index (χ1) is 9.90. The van der Waals surface area contributed by atoms with Crippen molar-refractivity contribution in [3.8, 4) is 0 Å². The van der Waals surface area contributed by atoms with Gasteiger partial charge in [-0.05, 0) is 0 Å². The molecule has 2 unspecified atom stereocenters. The fourth-order valence-electron chi connectivity index (χ4n) is 2.84. The monoisotopic (exact) mass is 300 g/mol. The van der Waals surface area contributed by atoms with Crippen molar-refractivity contribution in [1.29, 1.82) is 0 Å². The van der Waals surface area contributed by atoms with Crippen LogP contribution in [0.4, 0.5) is 4.79 Å². The van der Waals surface area contributed by atoms with Crippen molar-refractivity contribution >= 4 is 17.9 Å². The molecule has 0 aromatic carbocycles. The fourth-order valence-corrected chi connectivity index (χ4v) is 2.84. The van der Waals surface area contributed by atoms with Crippen LogP contribution in [0, 0.1) is 0 Å². The lowest BCUT2D eigenvalue weighted by molar-refractivity contribution is -0.137. The zero-order chi connectivity index (χ0) is 15.4. The first kappa shape index (κ1) is 14.0. The second-order valence-electron chi connectivity index (χ2n) is 5.09. The number of rotatable bonds is 2. The van der Waals surface area contributed by atoms with E-state index in [1.807, 2.05) is 0 Å². The molecule has 0 aliphatic carbocycles. The van der Waals surface area contributed by atoms with E-state index in [1.54, 1.807) is 0 Å². The summed E-state index contributed by atoms with van der Waals surface area (Å²) < 4.78 is 5.42. The smallest absolute Gasteiger partial charge is 0.323 e. The Kier molecular flexibility index (Phi) is 3.02. The summed E-state index contributed by atoms with van der Waals surface area (Å²) in [6.45, 7) is -0.413. The Balaban J connectivity index is 1.96. The van der Waals surface area contributed by atoms with Crippen molar-refractivity contribution in [2.75, 3.05) is 6.61 Å². The fraction of sp³-hybridized carbons (Fsp3) is 0.700. The van der Waals surface area contributed by atoms with Crippen molar-refractivity contribution in [3.05, 3.63) is 0 Å². The third-order valence-electron chi connectivity index (χ3n) is 3.84.